The van der Waals surface area contributed by atoms with Crippen molar-refractivity contribution < 1.29 is 9.53 Å². The average molecular weight is 329 g/mol. The van der Waals surface area contributed by atoms with Crippen molar-refractivity contribution in [1.29, 1.82) is 0 Å². The molecule has 4 nitrogen and oxygen atoms in total. The van der Waals surface area contributed by atoms with Gasteiger partial charge >= 0.3 is 0 Å². The molecule has 1 rings (SSSR count). The molecule has 106 valence electrons. The maximum atomic E-state index is 11.9. The molecule has 0 spiro atoms. The summed E-state index contributed by atoms with van der Waals surface area (Å²) in [5.41, 5.74) is 0.996. The van der Waals surface area contributed by atoms with Crippen molar-refractivity contribution in [3.63, 3.8) is 0 Å². The number of rotatable bonds is 7. The SMILES string of the molecule is CCNCCC(=O)N(C)Cc1cc(Br)ccc1OC. The Balaban J connectivity index is 2.62. The predicted octanol–water partition coefficient (Wildman–Crippen LogP) is 2.42. The van der Waals surface area contributed by atoms with E-state index in [1.165, 1.54) is 0 Å². The highest BCUT2D eigenvalue weighted by molar-refractivity contribution is 9.10. The lowest BCUT2D eigenvalue weighted by molar-refractivity contribution is -0.130. The molecule has 0 aliphatic rings. The van der Waals surface area contributed by atoms with Crippen LogP contribution < -0.4 is 10.1 Å². The molecule has 0 aromatic heterocycles. The van der Waals surface area contributed by atoms with E-state index >= 15 is 0 Å². The van der Waals surface area contributed by atoms with Gasteiger partial charge in [0.05, 0.1) is 7.11 Å². The van der Waals surface area contributed by atoms with Crippen molar-refractivity contribution in [2.45, 2.75) is 19.9 Å². The summed E-state index contributed by atoms with van der Waals surface area (Å²) >= 11 is 3.43. The lowest BCUT2D eigenvalue weighted by Crippen LogP contribution is -2.29. The van der Waals surface area contributed by atoms with E-state index < -0.39 is 0 Å². The monoisotopic (exact) mass is 328 g/mol. The van der Waals surface area contributed by atoms with Crippen molar-refractivity contribution in [1.82, 2.24) is 10.2 Å². The van der Waals surface area contributed by atoms with E-state index in [2.05, 4.69) is 21.2 Å². The molecule has 5 heteroatoms. The molecule has 0 saturated carbocycles. The molecule has 1 aromatic rings. The van der Waals surface area contributed by atoms with Gasteiger partial charge in [0.2, 0.25) is 5.91 Å². The van der Waals surface area contributed by atoms with E-state index in [9.17, 15) is 4.79 Å². The summed E-state index contributed by atoms with van der Waals surface area (Å²) < 4.78 is 6.29. The summed E-state index contributed by atoms with van der Waals surface area (Å²) in [7, 11) is 3.45. The van der Waals surface area contributed by atoms with Crippen LogP contribution >= 0.6 is 15.9 Å². The molecule has 0 heterocycles. The van der Waals surface area contributed by atoms with Gasteiger partial charge in [-0.05, 0) is 24.7 Å². The van der Waals surface area contributed by atoms with E-state index in [4.69, 9.17) is 4.74 Å². The zero-order chi connectivity index (χ0) is 14.3. The van der Waals surface area contributed by atoms with Gasteiger partial charge in [-0.3, -0.25) is 4.79 Å². The molecule has 0 aliphatic carbocycles. The standard InChI is InChI=1S/C14H21BrN2O2/c1-4-16-8-7-14(18)17(2)10-11-9-12(15)5-6-13(11)19-3/h5-6,9,16H,4,7-8,10H2,1-3H3. The quantitative estimate of drug-likeness (QED) is 0.781. The van der Waals surface area contributed by atoms with Gasteiger partial charge in [0, 0.05) is 36.6 Å². The molecule has 0 fully saturated rings. The fourth-order valence-corrected chi connectivity index (χ4v) is 2.19. The number of hydrogen-bond donors (Lipinski definition) is 1. The maximum absolute atomic E-state index is 11.9. The van der Waals surface area contributed by atoms with Crippen LogP contribution in [0.5, 0.6) is 5.75 Å². The molecule has 1 N–H and O–H groups in total. The fraction of sp³-hybridized carbons (Fsp3) is 0.500. The van der Waals surface area contributed by atoms with Crippen LogP contribution in [-0.4, -0.2) is 38.1 Å². The molecule has 0 bridgehead atoms. The zero-order valence-electron chi connectivity index (χ0n) is 11.7. The molecule has 0 saturated heterocycles. The average Bonchev–Trinajstić information content (AvgIpc) is 2.39. The van der Waals surface area contributed by atoms with Gasteiger partial charge in [0.15, 0.2) is 0 Å². The first-order valence-electron chi connectivity index (χ1n) is 6.35. The first-order chi connectivity index (χ1) is 9.08. The van der Waals surface area contributed by atoms with E-state index in [-0.39, 0.29) is 5.91 Å². The van der Waals surface area contributed by atoms with Gasteiger partial charge in [-0.1, -0.05) is 22.9 Å². The first-order valence-corrected chi connectivity index (χ1v) is 7.14. The molecule has 0 aliphatic heterocycles. The number of methoxy groups -OCH3 is 1. The molecule has 0 unspecified atom stereocenters. The van der Waals surface area contributed by atoms with Crippen molar-refractivity contribution in [2.75, 3.05) is 27.2 Å². The Bertz CT molecular complexity index is 424. The summed E-state index contributed by atoms with van der Waals surface area (Å²) in [4.78, 5) is 13.7. The van der Waals surface area contributed by atoms with Crippen LogP contribution in [0.3, 0.4) is 0 Å². The van der Waals surface area contributed by atoms with Crippen molar-refractivity contribution in [3.8, 4) is 5.75 Å². The van der Waals surface area contributed by atoms with Gasteiger partial charge in [-0.25, -0.2) is 0 Å². The number of nitrogens with zero attached hydrogens (tertiary/aromatic N) is 1. The number of hydrogen-bond acceptors (Lipinski definition) is 3. The summed E-state index contributed by atoms with van der Waals surface area (Å²) in [6.07, 6.45) is 0.515. The summed E-state index contributed by atoms with van der Waals surface area (Å²) in [5, 5.41) is 3.15. The third-order valence-corrected chi connectivity index (χ3v) is 3.33. The van der Waals surface area contributed by atoms with Crippen LogP contribution in [0.15, 0.2) is 22.7 Å². The number of benzene rings is 1. The number of carbonyl (C=O) groups excluding carboxylic acids is 1. The maximum Gasteiger partial charge on any atom is 0.223 e. The topological polar surface area (TPSA) is 41.6 Å². The normalized spacial score (nSPS) is 10.3. The fourth-order valence-electron chi connectivity index (χ4n) is 1.78. The highest BCUT2D eigenvalue weighted by Gasteiger charge is 2.12. The second kappa shape index (κ2) is 8.17. The lowest BCUT2D eigenvalue weighted by atomic mass is 10.2. The minimum absolute atomic E-state index is 0.128. The Morgan fingerprint density at radius 2 is 2.21 bits per heavy atom. The third kappa shape index (κ3) is 5.20. The van der Waals surface area contributed by atoms with Crippen LogP contribution in [0.2, 0.25) is 0 Å². The number of nitrogens with one attached hydrogen (secondary N) is 1. The second-order valence-corrected chi connectivity index (χ2v) is 5.23. The minimum atomic E-state index is 0.128. The number of ether oxygens (including phenoxy) is 1. The molecule has 1 aromatic carbocycles. The zero-order valence-corrected chi connectivity index (χ0v) is 13.3. The molecule has 19 heavy (non-hydrogen) atoms. The van der Waals surface area contributed by atoms with E-state index in [0.717, 1.165) is 28.9 Å². The summed E-state index contributed by atoms with van der Waals surface area (Å²) in [6, 6.07) is 5.80. The third-order valence-electron chi connectivity index (χ3n) is 2.84. The van der Waals surface area contributed by atoms with Crippen LogP contribution in [0.1, 0.15) is 18.9 Å². The Hall–Kier alpha value is -1.07. The second-order valence-electron chi connectivity index (χ2n) is 4.31. The van der Waals surface area contributed by atoms with Crippen LogP contribution in [0.4, 0.5) is 0 Å². The van der Waals surface area contributed by atoms with Gasteiger partial charge in [-0.15, -0.1) is 0 Å². The highest BCUT2D eigenvalue weighted by atomic mass is 79.9. The Morgan fingerprint density at radius 1 is 1.47 bits per heavy atom. The molecule has 1 amide bonds. The van der Waals surface area contributed by atoms with Crippen molar-refractivity contribution >= 4 is 21.8 Å². The Kier molecular flexibility index (Phi) is 6.87. The molecular formula is C14H21BrN2O2. The molecular weight excluding hydrogens is 308 g/mol. The summed E-state index contributed by atoms with van der Waals surface area (Å²) in [5.74, 6) is 0.928. The van der Waals surface area contributed by atoms with Gasteiger partial charge in [-0.2, -0.15) is 0 Å². The van der Waals surface area contributed by atoms with Gasteiger partial charge in [0.25, 0.3) is 0 Å². The Labute approximate surface area is 123 Å². The minimum Gasteiger partial charge on any atom is -0.496 e. The summed E-state index contributed by atoms with van der Waals surface area (Å²) in [6.45, 7) is 4.18. The van der Waals surface area contributed by atoms with E-state index in [1.54, 1.807) is 12.0 Å². The van der Waals surface area contributed by atoms with Crippen LogP contribution in [-0.2, 0) is 11.3 Å². The van der Waals surface area contributed by atoms with Crippen LogP contribution in [0.25, 0.3) is 0 Å². The van der Waals surface area contributed by atoms with E-state index in [1.807, 2.05) is 32.2 Å². The molecule has 0 atom stereocenters. The predicted molar refractivity (Wildman–Crippen MR) is 80.3 cm³/mol. The Morgan fingerprint density at radius 3 is 2.84 bits per heavy atom. The number of halogens is 1. The van der Waals surface area contributed by atoms with E-state index in [0.29, 0.717) is 13.0 Å². The van der Waals surface area contributed by atoms with Crippen molar-refractivity contribution in [2.24, 2.45) is 0 Å². The number of carbonyl (C=O) groups is 1. The van der Waals surface area contributed by atoms with Crippen LogP contribution in [0, 0.1) is 0 Å². The first kappa shape index (κ1) is 16.0. The van der Waals surface area contributed by atoms with Crippen molar-refractivity contribution in [3.05, 3.63) is 28.2 Å². The smallest absolute Gasteiger partial charge is 0.223 e. The van der Waals surface area contributed by atoms with Gasteiger partial charge in [0.1, 0.15) is 5.75 Å². The highest BCUT2D eigenvalue weighted by Crippen LogP contribution is 2.24. The molecule has 0 radical (unpaired) electrons. The van der Waals surface area contributed by atoms with Gasteiger partial charge < -0.3 is 15.0 Å². The number of amides is 1. The lowest BCUT2D eigenvalue weighted by Gasteiger charge is -2.19. The largest absolute Gasteiger partial charge is 0.496 e.